The van der Waals surface area contributed by atoms with Gasteiger partial charge in [-0.25, -0.2) is 0 Å². The van der Waals surface area contributed by atoms with Gasteiger partial charge >= 0.3 is 0 Å². The molecule has 2 saturated heterocycles. The second-order valence-electron chi connectivity index (χ2n) is 6.02. The predicted molar refractivity (Wildman–Crippen MR) is 86.2 cm³/mol. The molecular weight excluding hydrogens is 316 g/mol. The first-order valence-electron chi connectivity index (χ1n) is 7.61. The Morgan fingerprint density at radius 1 is 1.25 bits per heavy atom. The van der Waals surface area contributed by atoms with E-state index < -0.39 is 6.10 Å². The minimum Gasteiger partial charge on any atom is -0.389 e. The fourth-order valence-corrected chi connectivity index (χ4v) is 4.05. The molecule has 1 unspecified atom stereocenters. The smallest absolute Gasteiger partial charge is 0.0762 e. The van der Waals surface area contributed by atoms with Crippen LogP contribution in [-0.4, -0.2) is 42.2 Å². The van der Waals surface area contributed by atoms with Crippen LogP contribution >= 0.6 is 15.9 Å². The molecule has 0 saturated carbocycles. The van der Waals surface area contributed by atoms with Crippen LogP contribution < -0.4 is 4.90 Å². The molecule has 1 aromatic carbocycles. The first kappa shape index (κ1) is 14.4. The van der Waals surface area contributed by atoms with Crippen LogP contribution in [0, 0.1) is 0 Å². The van der Waals surface area contributed by atoms with Gasteiger partial charge in [-0.15, -0.1) is 0 Å². The molecule has 2 atom stereocenters. The molecule has 2 fully saturated rings. The number of halogens is 1. The molecule has 1 N–H and O–H groups in total. The molecule has 2 aliphatic heterocycles. The summed E-state index contributed by atoms with van der Waals surface area (Å²) in [6.07, 6.45) is 3.59. The molecule has 0 spiro atoms. The SMILES string of the molecule is C[C@H](O)c1ccc(N2CCC(N3CCCC3)C2)c(Br)c1. The zero-order chi connectivity index (χ0) is 14.1. The molecule has 3 rings (SSSR count). The average Bonchev–Trinajstić information content (AvgIpc) is 3.09. The van der Waals surface area contributed by atoms with Gasteiger partial charge in [-0.2, -0.15) is 0 Å². The largest absolute Gasteiger partial charge is 0.389 e. The summed E-state index contributed by atoms with van der Waals surface area (Å²) >= 11 is 3.66. The topological polar surface area (TPSA) is 26.7 Å². The Labute approximate surface area is 129 Å². The summed E-state index contributed by atoms with van der Waals surface area (Å²) < 4.78 is 1.10. The lowest BCUT2D eigenvalue weighted by Crippen LogP contribution is -2.35. The van der Waals surface area contributed by atoms with E-state index in [9.17, 15) is 5.11 Å². The van der Waals surface area contributed by atoms with Gasteiger partial charge in [0.15, 0.2) is 0 Å². The lowest BCUT2D eigenvalue weighted by Gasteiger charge is -2.25. The summed E-state index contributed by atoms with van der Waals surface area (Å²) in [7, 11) is 0. The molecule has 2 aliphatic rings. The molecule has 1 aromatic rings. The number of benzene rings is 1. The first-order valence-corrected chi connectivity index (χ1v) is 8.41. The molecule has 2 heterocycles. The Kier molecular flexibility index (Phi) is 4.34. The van der Waals surface area contributed by atoms with Gasteiger partial charge < -0.3 is 10.0 Å². The maximum absolute atomic E-state index is 9.65. The van der Waals surface area contributed by atoms with E-state index in [-0.39, 0.29) is 0 Å². The Hall–Kier alpha value is -0.580. The van der Waals surface area contributed by atoms with Gasteiger partial charge in [0.05, 0.1) is 11.8 Å². The number of aliphatic hydroxyl groups excluding tert-OH is 1. The first-order chi connectivity index (χ1) is 9.65. The molecule has 3 nitrogen and oxygen atoms in total. The van der Waals surface area contributed by atoms with Crippen LogP contribution in [0.1, 0.15) is 37.9 Å². The predicted octanol–water partition coefficient (Wildman–Crippen LogP) is 3.18. The lowest BCUT2D eigenvalue weighted by molar-refractivity contribution is 0.199. The molecule has 20 heavy (non-hydrogen) atoms. The number of anilines is 1. The van der Waals surface area contributed by atoms with Crippen LogP contribution in [0.15, 0.2) is 22.7 Å². The highest BCUT2D eigenvalue weighted by atomic mass is 79.9. The number of hydrogen-bond donors (Lipinski definition) is 1. The van der Waals surface area contributed by atoms with Gasteiger partial charge in [0.25, 0.3) is 0 Å². The molecule has 0 radical (unpaired) electrons. The standard InChI is InChI=1S/C16H23BrN2O/c1-12(20)13-4-5-16(15(17)10-13)19-9-6-14(11-19)18-7-2-3-8-18/h4-5,10,12,14,20H,2-3,6-9,11H2,1H3/t12-,14?/m0/s1. The maximum Gasteiger partial charge on any atom is 0.0762 e. The number of likely N-dealkylation sites (tertiary alicyclic amines) is 1. The van der Waals surface area contributed by atoms with Crippen LogP contribution in [0.4, 0.5) is 5.69 Å². The Balaban J connectivity index is 1.71. The average molecular weight is 339 g/mol. The van der Waals surface area contributed by atoms with Gasteiger partial charge in [-0.3, -0.25) is 4.90 Å². The Morgan fingerprint density at radius 3 is 2.65 bits per heavy atom. The van der Waals surface area contributed by atoms with Gasteiger partial charge in [-0.1, -0.05) is 6.07 Å². The number of nitrogens with zero attached hydrogens (tertiary/aromatic N) is 2. The van der Waals surface area contributed by atoms with Gasteiger partial charge in [0.1, 0.15) is 0 Å². The number of aliphatic hydroxyl groups is 1. The summed E-state index contributed by atoms with van der Waals surface area (Å²) in [5.41, 5.74) is 2.23. The van der Waals surface area contributed by atoms with Crippen molar-refractivity contribution in [2.45, 2.75) is 38.3 Å². The minimum atomic E-state index is -0.406. The number of hydrogen-bond acceptors (Lipinski definition) is 3. The Bertz CT molecular complexity index is 472. The van der Waals surface area contributed by atoms with Crippen LogP contribution in [-0.2, 0) is 0 Å². The van der Waals surface area contributed by atoms with Crippen molar-refractivity contribution in [3.63, 3.8) is 0 Å². The maximum atomic E-state index is 9.65. The minimum absolute atomic E-state index is 0.406. The normalized spacial score (nSPS) is 25.4. The monoisotopic (exact) mass is 338 g/mol. The molecule has 0 aliphatic carbocycles. The van der Waals surface area contributed by atoms with E-state index in [1.807, 2.05) is 12.1 Å². The third-order valence-corrected chi connectivity index (χ3v) is 5.25. The van der Waals surface area contributed by atoms with Crippen molar-refractivity contribution in [2.75, 3.05) is 31.1 Å². The third-order valence-electron chi connectivity index (χ3n) is 4.62. The fourth-order valence-electron chi connectivity index (χ4n) is 3.40. The van der Waals surface area contributed by atoms with Crippen molar-refractivity contribution in [3.8, 4) is 0 Å². The second kappa shape index (κ2) is 6.04. The van der Waals surface area contributed by atoms with E-state index in [0.29, 0.717) is 0 Å². The fraction of sp³-hybridized carbons (Fsp3) is 0.625. The summed E-state index contributed by atoms with van der Waals surface area (Å²) in [5, 5.41) is 9.65. The highest BCUT2D eigenvalue weighted by molar-refractivity contribution is 9.10. The van der Waals surface area contributed by atoms with E-state index in [1.165, 1.54) is 38.0 Å². The molecule has 0 aromatic heterocycles. The van der Waals surface area contributed by atoms with E-state index in [2.05, 4.69) is 31.8 Å². The summed E-state index contributed by atoms with van der Waals surface area (Å²) in [6, 6.07) is 6.94. The second-order valence-corrected chi connectivity index (χ2v) is 6.87. The van der Waals surface area contributed by atoms with Crippen LogP contribution in [0.2, 0.25) is 0 Å². The van der Waals surface area contributed by atoms with Crippen LogP contribution in [0.3, 0.4) is 0 Å². The van der Waals surface area contributed by atoms with Crippen molar-refractivity contribution < 1.29 is 5.11 Å². The van der Waals surface area contributed by atoms with Gasteiger partial charge in [0.2, 0.25) is 0 Å². The van der Waals surface area contributed by atoms with E-state index in [1.54, 1.807) is 6.92 Å². The molecule has 110 valence electrons. The van der Waals surface area contributed by atoms with Crippen molar-refractivity contribution in [1.29, 1.82) is 0 Å². The van der Waals surface area contributed by atoms with E-state index in [4.69, 9.17) is 0 Å². The zero-order valence-corrected chi connectivity index (χ0v) is 13.6. The lowest BCUT2D eigenvalue weighted by atomic mass is 10.1. The molecule has 0 bridgehead atoms. The molecule has 4 heteroatoms. The van der Waals surface area contributed by atoms with Crippen LogP contribution in [0.5, 0.6) is 0 Å². The summed E-state index contributed by atoms with van der Waals surface area (Å²) in [4.78, 5) is 5.12. The van der Waals surface area contributed by atoms with E-state index >= 15 is 0 Å². The summed E-state index contributed by atoms with van der Waals surface area (Å²) in [5.74, 6) is 0. The van der Waals surface area contributed by atoms with Gasteiger partial charge in [0, 0.05) is 23.6 Å². The third kappa shape index (κ3) is 2.87. The van der Waals surface area contributed by atoms with Crippen molar-refractivity contribution in [2.24, 2.45) is 0 Å². The Morgan fingerprint density at radius 2 is 2.00 bits per heavy atom. The van der Waals surface area contributed by atoms with Gasteiger partial charge in [-0.05, 0) is 72.9 Å². The van der Waals surface area contributed by atoms with Crippen molar-refractivity contribution in [1.82, 2.24) is 4.90 Å². The zero-order valence-electron chi connectivity index (χ0n) is 12.1. The van der Waals surface area contributed by atoms with Crippen molar-refractivity contribution in [3.05, 3.63) is 28.2 Å². The van der Waals surface area contributed by atoms with Crippen LogP contribution in [0.25, 0.3) is 0 Å². The molecular formula is C16H23BrN2O. The van der Waals surface area contributed by atoms with E-state index in [0.717, 1.165) is 29.2 Å². The molecule has 0 amide bonds. The number of rotatable bonds is 3. The highest BCUT2D eigenvalue weighted by Crippen LogP contribution is 2.33. The van der Waals surface area contributed by atoms with Crippen molar-refractivity contribution >= 4 is 21.6 Å². The summed E-state index contributed by atoms with van der Waals surface area (Å²) in [6.45, 7) is 6.63. The quantitative estimate of drug-likeness (QED) is 0.916. The highest BCUT2D eigenvalue weighted by Gasteiger charge is 2.30.